The maximum atomic E-state index is 12.3. The topological polar surface area (TPSA) is 134 Å². The first-order valence-electron chi connectivity index (χ1n) is 6.05. The van der Waals surface area contributed by atoms with Crippen molar-refractivity contribution in [3.63, 3.8) is 0 Å². The number of aromatic nitrogens is 5. The summed E-state index contributed by atoms with van der Waals surface area (Å²) in [5, 5.41) is 22.3. The lowest BCUT2D eigenvalue weighted by atomic mass is 10.2. The third-order valence-electron chi connectivity index (χ3n) is 3.33. The molecule has 0 saturated carbocycles. The van der Waals surface area contributed by atoms with Gasteiger partial charge >= 0.3 is 5.97 Å². The highest BCUT2D eigenvalue weighted by atomic mass is 32.2. The van der Waals surface area contributed by atoms with Gasteiger partial charge in [-0.05, 0) is 6.92 Å². The van der Waals surface area contributed by atoms with Crippen LogP contribution in [0.4, 0.5) is 0 Å². The summed E-state index contributed by atoms with van der Waals surface area (Å²) in [7, 11) is -3.58. The van der Waals surface area contributed by atoms with Crippen LogP contribution in [0.2, 0.25) is 0 Å². The van der Waals surface area contributed by atoms with Gasteiger partial charge in [0.25, 0.3) is 0 Å². The Hall–Kier alpha value is -2.27. The van der Waals surface area contributed by atoms with E-state index in [2.05, 4.69) is 20.5 Å². The van der Waals surface area contributed by atoms with Crippen LogP contribution in [0.25, 0.3) is 0 Å². The Morgan fingerprint density at radius 3 is 2.71 bits per heavy atom. The number of H-pyrrole nitrogens is 1. The third kappa shape index (κ3) is 2.19. The summed E-state index contributed by atoms with van der Waals surface area (Å²) in [6.07, 6.45) is 2.57. The summed E-state index contributed by atoms with van der Waals surface area (Å²) < 4.78 is 27.3. The predicted octanol–water partition coefficient (Wildman–Crippen LogP) is -0.747. The van der Waals surface area contributed by atoms with E-state index < -0.39 is 16.0 Å². The van der Waals surface area contributed by atoms with Gasteiger partial charge < -0.3 is 5.11 Å². The van der Waals surface area contributed by atoms with Crippen LogP contribution >= 0.6 is 0 Å². The van der Waals surface area contributed by atoms with Gasteiger partial charge in [0.05, 0.1) is 24.1 Å². The first-order valence-corrected chi connectivity index (χ1v) is 7.49. The smallest absolute Gasteiger partial charge is 0.358 e. The molecule has 1 aliphatic heterocycles. The molecule has 112 valence electrons. The lowest BCUT2D eigenvalue weighted by Gasteiger charge is -2.37. The van der Waals surface area contributed by atoms with Crippen LogP contribution < -0.4 is 0 Å². The number of aromatic amines is 1. The summed E-state index contributed by atoms with van der Waals surface area (Å²) in [6.45, 7) is 2.07. The zero-order valence-corrected chi connectivity index (χ0v) is 11.8. The van der Waals surface area contributed by atoms with Crippen LogP contribution in [-0.4, -0.2) is 62.1 Å². The molecule has 0 radical (unpaired) electrons. The van der Waals surface area contributed by atoms with Gasteiger partial charge in [-0.3, -0.25) is 5.10 Å². The van der Waals surface area contributed by atoms with Crippen molar-refractivity contribution in [3.8, 4) is 0 Å². The summed E-state index contributed by atoms with van der Waals surface area (Å²) >= 11 is 0. The van der Waals surface area contributed by atoms with Gasteiger partial charge in [0.2, 0.25) is 10.0 Å². The minimum Gasteiger partial charge on any atom is -0.476 e. The number of carbonyl (C=O) groups is 1. The van der Waals surface area contributed by atoms with Crippen molar-refractivity contribution in [1.29, 1.82) is 0 Å². The fourth-order valence-electron chi connectivity index (χ4n) is 2.07. The number of hydrogen-bond acceptors (Lipinski definition) is 6. The lowest BCUT2D eigenvalue weighted by molar-refractivity contribution is 0.0690. The number of carboxylic acids is 1. The Kier molecular flexibility index (Phi) is 3.02. The second-order valence-corrected chi connectivity index (χ2v) is 6.63. The highest BCUT2D eigenvalue weighted by Gasteiger charge is 2.39. The van der Waals surface area contributed by atoms with E-state index in [1.165, 1.54) is 21.4 Å². The van der Waals surface area contributed by atoms with Crippen LogP contribution in [0.5, 0.6) is 0 Å². The van der Waals surface area contributed by atoms with Crippen molar-refractivity contribution < 1.29 is 18.3 Å². The zero-order chi connectivity index (χ0) is 15.2. The molecule has 3 rings (SSSR count). The van der Waals surface area contributed by atoms with Crippen LogP contribution in [-0.2, 0) is 10.0 Å². The molecule has 2 aromatic rings. The van der Waals surface area contributed by atoms with Crippen molar-refractivity contribution in [2.75, 3.05) is 13.1 Å². The molecular formula is C10H12N6O4S. The van der Waals surface area contributed by atoms with E-state index >= 15 is 0 Å². The monoisotopic (exact) mass is 312 g/mol. The molecule has 0 amide bonds. The second kappa shape index (κ2) is 4.63. The molecule has 0 unspecified atom stereocenters. The van der Waals surface area contributed by atoms with E-state index in [0.717, 1.165) is 0 Å². The summed E-state index contributed by atoms with van der Waals surface area (Å²) in [5.74, 6) is -1.17. The van der Waals surface area contributed by atoms with Crippen molar-refractivity contribution >= 4 is 16.0 Å². The maximum Gasteiger partial charge on any atom is 0.358 e. The van der Waals surface area contributed by atoms with Crippen LogP contribution in [0.3, 0.4) is 0 Å². The van der Waals surface area contributed by atoms with Crippen molar-refractivity contribution in [1.82, 2.24) is 29.5 Å². The highest BCUT2D eigenvalue weighted by molar-refractivity contribution is 7.89. The molecule has 0 atom stereocenters. The lowest BCUT2D eigenvalue weighted by Crippen LogP contribution is -2.50. The number of nitrogens with one attached hydrogen (secondary N) is 1. The fourth-order valence-corrected chi connectivity index (χ4v) is 3.71. The SMILES string of the molecule is Cc1[nH]ncc1S(=O)(=O)N1CC(n2cc(C(=O)O)nn2)C1. The molecule has 2 N–H and O–H groups in total. The maximum absolute atomic E-state index is 12.3. The molecule has 0 aliphatic carbocycles. The highest BCUT2D eigenvalue weighted by Crippen LogP contribution is 2.28. The predicted molar refractivity (Wildman–Crippen MR) is 68.1 cm³/mol. The standard InChI is InChI=1S/C10H12N6O4S/c1-6-9(2-11-12-6)21(19,20)15-3-7(4-15)16-5-8(10(17)18)13-14-16/h2,5,7H,3-4H2,1H3,(H,11,12)(H,17,18). The van der Waals surface area contributed by atoms with Crippen LogP contribution in [0.15, 0.2) is 17.3 Å². The summed E-state index contributed by atoms with van der Waals surface area (Å²) in [5.41, 5.74) is 0.314. The van der Waals surface area contributed by atoms with Gasteiger partial charge in [0, 0.05) is 13.1 Å². The molecule has 3 heterocycles. The van der Waals surface area contributed by atoms with Gasteiger partial charge in [-0.15, -0.1) is 5.10 Å². The van der Waals surface area contributed by atoms with Crippen molar-refractivity contribution in [2.45, 2.75) is 17.9 Å². The second-order valence-electron chi connectivity index (χ2n) is 4.72. The first-order chi connectivity index (χ1) is 9.89. The molecule has 0 spiro atoms. The van der Waals surface area contributed by atoms with E-state index in [9.17, 15) is 13.2 Å². The van der Waals surface area contributed by atoms with Gasteiger partial charge in [-0.25, -0.2) is 17.9 Å². The Morgan fingerprint density at radius 1 is 1.48 bits per heavy atom. The number of hydrogen-bond donors (Lipinski definition) is 2. The largest absolute Gasteiger partial charge is 0.476 e. The Bertz CT molecular complexity index is 788. The van der Waals surface area contributed by atoms with Gasteiger partial charge in [0.1, 0.15) is 4.90 Å². The number of carboxylic acid groups (broad SMARTS) is 1. The molecular weight excluding hydrogens is 300 g/mol. The molecule has 1 saturated heterocycles. The minimum absolute atomic E-state index is 0.144. The Morgan fingerprint density at radius 2 is 2.19 bits per heavy atom. The van der Waals surface area contributed by atoms with Crippen molar-refractivity contribution in [3.05, 3.63) is 23.8 Å². The normalized spacial score (nSPS) is 16.8. The minimum atomic E-state index is -3.58. The number of nitrogens with zero attached hydrogens (tertiary/aromatic N) is 5. The average Bonchev–Trinajstić information content (AvgIpc) is 2.95. The first kappa shape index (κ1) is 13.7. The molecule has 0 aromatic carbocycles. The molecule has 21 heavy (non-hydrogen) atoms. The van der Waals surface area contributed by atoms with E-state index in [4.69, 9.17) is 5.11 Å². The van der Waals surface area contributed by atoms with Gasteiger partial charge in [-0.1, -0.05) is 5.21 Å². The van der Waals surface area contributed by atoms with E-state index in [0.29, 0.717) is 5.69 Å². The molecule has 0 bridgehead atoms. The third-order valence-corrected chi connectivity index (χ3v) is 5.28. The number of sulfonamides is 1. The molecule has 2 aromatic heterocycles. The number of aromatic carboxylic acids is 1. The van der Waals surface area contributed by atoms with Crippen molar-refractivity contribution in [2.24, 2.45) is 0 Å². The van der Waals surface area contributed by atoms with Gasteiger partial charge in [-0.2, -0.15) is 9.40 Å². The molecule has 1 aliphatic rings. The summed E-state index contributed by atoms with van der Waals surface area (Å²) in [6, 6.07) is -0.215. The summed E-state index contributed by atoms with van der Waals surface area (Å²) in [4.78, 5) is 10.9. The van der Waals surface area contributed by atoms with E-state index in [1.54, 1.807) is 6.92 Å². The number of aryl methyl sites for hydroxylation is 1. The molecule has 1 fully saturated rings. The Balaban J connectivity index is 1.73. The van der Waals surface area contributed by atoms with E-state index in [-0.39, 0.29) is 29.7 Å². The van der Waals surface area contributed by atoms with E-state index in [1.807, 2.05) is 0 Å². The zero-order valence-electron chi connectivity index (χ0n) is 11.0. The Labute approximate surface area is 119 Å². The average molecular weight is 312 g/mol. The number of rotatable bonds is 4. The van der Waals surface area contributed by atoms with Gasteiger partial charge in [0.15, 0.2) is 5.69 Å². The van der Waals surface area contributed by atoms with Crippen LogP contribution in [0, 0.1) is 6.92 Å². The fraction of sp³-hybridized carbons (Fsp3) is 0.400. The van der Waals surface area contributed by atoms with Crippen LogP contribution in [0.1, 0.15) is 22.2 Å². The molecule has 11 heteroatoms. The molecule has 10 nitrogen and oxygen atoms in total. The quantitative estimate of drug-likeness (QED) is 0.758.